The zero-order chi connectivity index (χ0) is 23.7. The summed E-state index contributed by atoms with van der Waals surface area (Å²) >= 11 is 5.82. The molecule has 0 amide bonds. The maximum atomic E-state index is 14.1. The fraction of sp³-hybridized carbons (Fsp3) is 0.185. The van der Waals surface area contributed by atoms with Gasteiger partial charge in [0.2, 0.25) is 0 Å². The minimum atomic E-state index is -0.281. The van der Waals surface area contributed by atoms with Gasteiger partial charge in [0, 0.05) is 29.5 Å². The van der Waals surface area contributed by atoms with E-state index in [1.165, 1.54) is 12.1 Å². The normalized spacial score (nSPS) is 17.8. The van der Waals surface area contributed by atoms with Gasteiger partial charge in [-0.3, -0.25) is 4.98 Å². The monoisotopic (exact) mass is 472 g/mol. The van der Waals surface area contributed by atoms with E-state index in [1.54, 1.807) is 12.3 Å². The number of pyridine rings is 1. The molecule has 1 saturated heterocycles. The van der Waals surface area contributed by atoms with E-state index < -0.39 is 0 Å². The summed E-state index contributed by atoms with van der Waals surface area (Å²) in [6.07, 6.45) is 3.82. The van der Waals surface area contributed by atoms with Gasteiger partial charge in [-0.05, 0) is 92.8 Å². The Morgan fingerprint density at radius 1 is 0.971 bits per heavy atom. The predicted molar refractivity (Wildman–Crippen MR) is 136 cm³/mol. The molecule has 0 aliphatic carbocycles. The van der Waals surface area contributed by atoms with Crippen molar-refractivity contribution in [3.63, 3.8) is 0 Å². The number of nitrogens with zero attached hydrogens (tertiary/aromatic N) is 3. The lowest BCUT2D eigenvalue weighted by Crippen LogP contribution is -2.30. The van der Waals surface area contributed by atoms with Gasteiger partial charge in [0.1, 0.15) is 17.6 Å². The Balaban J connectivity index is 1.61. The quantitative estimate of drug-likeness (QED) is 0.350. The maximum absolute atomic E-state index is 14.1. The van der Waals surface area contributed by atoms with Crippen LogP contribution in [0.5, 0.6) is 5.75 Å². The molecule has 5 nitrogen and oxygen atoms in total. The van der Waals surface area contributed by atoms with E-state index in [-0.39, 0.29) is 24.0 Å². The number of nitrogens with one attached hydrogen (secondary N) is 1. The molecule has 1 N–H and O–H groups in total. The van der Waals surface area contributed by atoms with Crippen molar-refractivity contribution >= 4 is 23.0 Å². The third kappa shape index (κ3) is 4.26. The highest BCUT2D eigenvalue weighted by atomic mass is 32.1. The summed E-state index contributed by atoms with van der Waals surface area (Å²) in [5.41, 5.74) is 3.53. The number of halogens is 1. The molecule has 2 aromatic carbocycles. The van der Waals surface area contributed by atoms with Crippen molar-refractivity contribution in [2.24, 2.45) is 0 Å². The van der Waals surface area contributed by atoms with Crippen LogP contribution in [-0.4, -0.2) is 20.8 Å². The summed E-state index contributed by atoms with van der Waals surface area (Å²) in [7, 11) is 0. The molecule has 1 aliphatic rings. The van der Waals surface area contributed by atoms with Gasteiger partial charge in [0.25, 0.3) is 0 Å². The van der Waals surface area contributed by atoms with Crippen LogP contribution in [0.4, 0.5) is 10.1 Å². The predicted octanol–water partition coefficient (Wildman–Crippen LogP) is 5.98. The van der Waals surface area contributed by atoms with E-state index in [2.05, 4.69) is 15.2 Å². The number of benzene rings is 2. The number of hydrogen-bond acceptors (Lipinski definition) is 3. The van der Waals surface area contributed by atoms with Crippen LogP contribution in [0.2, 0.25) is 0 Å². The highest BCUT2D eigenvalue weighted by Gasteiger charge is 2.42. The Labute approximate surface area is 203 Å². The van der Waals surface area contributed by atoms with Crippen molar-refractivity contribution in [3.8, 4) is 11.4 Å². The molecule has 172 valence electrons. The van der Waals surface area contributed by atoms with Crippen molar-refractivity contribution in [2.75, 3.05) is 4.90 Å². The molecule has 2 aromatic heterocycles. The fourth-order valence-electron chi connectivity index (χ4n) is 4.39. The van der Waals surface area contributed by atoms with Crippen LogP contribution in [0, 0.1) is 5.82 Å². The largest absolute Gasteiger partial charge is 0.491 e. The minimum Gasteiger partial charge on any atom is -0.491 e. The van der Waals surface area contributed by atoms with Crippen LogP contribution in [0.25, 0.3) is 5.69 Å². The molecule has 5 rings (SSSR count). The van der Waals surface area contributed by atoms with Crippen LogP contribution in [0.1, 0.15) is 37.3 Å². The summed E-state index contributed by atoms with van der Waals surface area (Å²) in [6.45, 7) is 4.00. The van der Waals surface area contributed by atoms with Crippen molar-refractivity contribution in [1.29, 1.82) is 0 Å². The molecule has 7 heteroatoms. The highest BCUT2D eigenvalue weighted by molar-refractivity contribution is 7.80. The van der Waals surface area contributed by atoms with E-state index in [1.807, 2.05) is 85.3 Å². The summed E-state index contributed by atoms with van der Waals surface area (Å²) < 4.78 is 21.9. The first-order valence-corrected chi connectivity index (χ1v) is 11.6. The van der Waals surface area contributed by atoms with Gasteiger partial charge in [0.05, 0.1) is 17.8 Å². The molecule has 1 aliphatic heterocycles. The van der Waals surface area contributed by atoms with Crippen molar-refractivity contribution in [3.05, 3.63) is 108 Å². The van der Waals surface area contributed by atoms with Crippen LogP contribution >= 0.6 is 12.2 Å². The number of ether oxygens (including phenoxy) is 1. The van der Waals surface area contributed by atoms with Crippen LogP contribution in [0.15, 0.2) is 91.3 Å². The summed E-state index contributed by atoms with van der Waals surface area (Å²) in [5.74, 6) is 0.522. The van der Waals surface area contributed by atoms with Crippen LogP contribution in [0.3, 0.4) is 0 Å². The van der Waals surface area contributed by atoms with Crippen LogP contribution in [-0.2, 0) is 0 Å². The second-order valence-corrected chi connectivity index (χ2v) is 8.83. The second-order valence-electron chi connectivity index (χ2n) is 8.44. The first kappa shape index (κ1) is 22.1. The molecule has 2 atom stereocenters. The molecular weight excluding hydrogens is 447 g/mol. The molecule has 3 heterocycles. The SMILES string of the molecule is CC(C)Oc1ccc(N2C(=S)N[C@H](c3ccccn3)[C@@H]2c2cccn2-c2cccc(F)c2)cc1. The maximum Gasteiger partial charge on any atom is 0.174 e. The lowest BCUT2D eigenvalue weighted by molar-refractivity contribution is 0.242. The first-order chi connectivity index (χ1) is 16.5. The average molecular weight is 473 g/mol. The Bertz CT molecular complexity index is 1290. The van der Waals surface area contributed by atoms with Gasteiger partial charge in [-0.25, -0.2) is 4.39 Å². The van der Waals surface area contributed by atoms with Crippen LogP contribution < -0.4 is 15.0 Å². The molecule has 34 heavy (non-hydrogen) atoms. The fourth-order valence-corrected chi connectivity index (χ4v) is 4.73. The van der Waals surface area contributed by atoms with E-state index >= 15 is 0 Å². The smallest absolute Gasteiger partial charge is 0.174 e. The molecule has 0 unspecified atom stereocenters. The van der Waals surface area contributed by atoms with Gasteiger partial charge >= 0.3 is 0 Å². The van der Waals surface area contributed by atoms with E-state index in [0.29, 0.717) is 5.11 Å². The average Bonchev–Trinajstić information content (AvgIpc) is 3.44. The Kier molecular flexibility index (Phi) is 6.02. The number of rotatable bonds is 6. The second kappa shape index (κ2) is 9.27. The molecule has 0 spiro atoms. The molecule has 1 fully saturated rings. The number of aromatic nitrogens is 2. The van der Waals surface area contributed by atoms with Gasteiger partial charge in [-0.15, -0.1) is 0 Å². The zero-order valence-electron chi connectivity index (χ0n) is 18.9. The Hall–Kier alpha value is -3.71. The van der Waals surface area contributed by atoms with Gasteiger partial charge in [-0.1, -0.05) is 12.1 Å². The number of hydrogen-bond donors (Lipinski definition) is 1. The highest BCUT2D eigenvalue weighted by Crippen LogP contribution is 2.42. The van der Waals surface area contributed by atoms with E-state index in [0.717, 1.165) is 28.5 Å². The standard InChI is InChI=1S/C27H25FN4OS/c1-18(2)33-22-13-11-20(12-14-22)32-26(25(30-27(32)34)23-9-3-4-15-29-23)24-10-6-16-31(24)21-8-5-7-19(28)17-21/h3-18,25-26H,1-2H3,(H,30,34)/t25-,26+/m1/s1. The summed E-state index contributed by atoms with van der Waals surface area (Å²) in [5, 5.41) is 4.07. The molecular formula is C27H25FN4OS. The summed E-state index contributed by atoms with van der Waals surface area (Å²) in [4.78, 5) is 6.70. The Morgan fingerprint density at radius 2 is 1.79 bits per heavy atom. The van der Waals surface area contributed by atoms with E-state index in [9.17, 15) is 4.39 Å². The molecule has 0 radical (unpaired) electrons. The van der Waals surface area contributed by atoms with Crippen molar-refractivity contribution < 1.29 is 9.13 Å². The van der Waals surface area contributed by atoms with Crippen molar-refractivity contribution in [1.82, 2.24) is 14.9 Å². The Morgan fingerprint density at radius 3 is 2.50 bits per heavy atom. The van der Waals surface area contributed by atoms with Gasteiger partial charge in [0.15, 0.2) is 5.11 Å². The zero-order valence-corrected chi connectivity index (χ0v) is 19.7. The topological polar surface area (TPSA) is 42.3 Å². The minimum absolute atomic E-state index is 0.0937. The summed E-state index contributed by atoms with van der Waals surface area (Å²) in [6, 6.07) is 24.0. The number of thiocarbonyl (C=S) groups is 1. The van der Waals surface area contributed by atoms with Gasteiger partial charge in [-0.2, -0.15) is 0 Å². The number of anilines is 1. The molecule has 0 saturated carbocycles. The molecule has 4 aromatic rings. The lowest BCUT2D eigenvalue weighted by atomic mass is 10.0. The lowest BCUT2D eigenvalue weighted by Gasteiger charge is -2.29. The first-order valence-electron chi connectivity index (χ1n) is 11.2. The van der Waals surface area contributed by atoms with Crippen molar-refractivity contribution in [2.45, 2.75) is 32.0 Å². The third-order valence-corrected chi connectivity index (χ3v) is 6.07. The van der Waals surface area contributed by atoms with Gasteiger partial charge < -0.3 is 19.5 Å². The molecule has 0 bridgehead atoms. The third-order valence-electron chi connectivity index (χ3n) is 5.75. The van der Waals surface area contributed by atoms with E-state index in [4.69, 9.17) is 17.0 Å².